The highest BCUT2D eigenvalue weighted by atomic mass is 16.2. The lowest BCUT2D eigenvalue weighted by molar-refractivity contribution is -0.122. The van der Waals surface area contributed by atoms with Crippen molar-refractivity contribution in [2.45, 2.75) is 19.4 Å². The highest BCUT2D eigenvalue weighted by Crippen LogP contribution is 2.28. The monoisotopic (exact) mass is 233 g/mol. The maximum absolute atomic E-state index is 11.3. The van der Waals surface area contributed by atoms with Gasteiger partial charge in [0.1, 0.15) is 0 Å². The Kier molecular flexibility index (Phi) is 3.98. The standard InChI is InChI=1S/C13H19N3O/c14-12-4-2-1-3-11(12)9-15-7-8-16-13(17)10-5-6-10/h1-4,10,15H,5-9,14H2,(H,16,17). The molecule has 1 aliphatic carbocycles. The minimum Gasteiger partial charge on any atom is -0.398 e. The van der Waals surface area contributed by atoms with Crippen LogP contribution in [0.1, 0.15) is 18.4 Å². The molecule has 0 spiro atoms. The molecule has 1 aliphatic rings. The van der Waals surface area contributed by atoms with E-state index in [9.17, 15) is 4.79 Å². The molecule has 1 fully saturated rings. The maximum Gasteiger partial charge on any atom is 0.223 e. The molecule has 4 nitrogen and oxygen atoms in total. The molecule has 0 aliphatic heterocycles. The van der Waals surface area contributed by atoms with Crippen molar-refractivity contribution in [3.63, 3.8) is 0 Å². The summed E-state index contributed by atoms with van der Waals surface area (Å²) in [5.41, 5.74) is 7.73. The normalized spacial score (nSPS) is 14.6. The van der Waals surface area contributed by atoms with Gasteiger partial charge in [0.2, 0.25) is 5.91 Å². The van der Waals surface area contributed by atoms with E-state index in [1.54, 1.807) is 0 Å². The summed E-state index contributed by atoms with van der Waals surface area (Å²) in [6.45, 7) is 2.20. The van der Waals surface area contributed by atoms with Crippen LogP contribution in [0.15, 0.2) is 24.3 Å². The number of nitrogens with one attached hydrogen (secondary N) is 2. The zero-order valence-electron chi connectivity index (χ0n) is 9.91. The van der Waals surface area contributed by atoms with Crippen LogP contribution in [0.4, 0.5) is 5.69 Å². The van der Waals surface area contributed by atoms with E-state index < -0.39 is 0 Å². The van der Waals surface area contributed by atoms with Gasteiger partial charge in [0.15, 0.2) is 0 Å². The van der Waals surface area contributed by atoms with Crippen molar-refractivity contribution in [3.05, 3.63) is 29.8 Å². The highest BCUT2D eigenvalue weighted by Gasteiger charge is 2.28. The topological polar surface area (TPSA) is 67.2 Å². The summed E-state index contributed by atoms with van der Waals surface area (Å²) in [7, 11) is 0. The number of amides is 1. The number of carbonyl (C=O) groups is 1. The Balaban J connectivity index is 1.59. The van der Waals surface area contributed by atoms with Crippen LogP contribution in [0.25, 0.3) is 0 Å². The maximum atomic E-state index is 11.3. The highest BCUT2D eigenvalue weighted by molar-refractivity contribution is 5.80. The minimum atomic E-state index is 0.200. The third-order valence-corrected chi connectivity index (χ3v) is 2.92. The summed E-state index contributed by atoms with van der Waals surface area (Å²) >= 11 is 0. The molecule has 1 aromatic rings. The Morgan fingerprint density at radius 2 is 2.06 bits per heavy atom. The lowest BCUT2D eigenvalue weighted by Crippen LogP contribution is -2.32. The van der Waals surface area contributed by atoms with Crippen LogP contribution in [0.2, 0.25) is 0 Å². The molecule has 0 heterocycles. The molecule has 0 bridgehead atoms. The summed E-state index contributed by atoms with van der Waals surface area (Å²) in [5.74, 6) is 0.491. The van der Waals surface area contributed by atoms with Gasteiger partial charge in [-0.15, -0.1) is 0 Å². The average molecular weight is 233 g/mol. The van der Waals surface area contributed by atoms with Gasteiger partial charge < -0.3 is 16.4 Å². The van der Waals surface area contributed by atoms with E-state index in [1.165, 1.54) is 0 Å². The molecule has 4 heteroatoms. The predicted molar refractivity (Wildman–Crippen MR) is 68.3 cm³/mol. The van der Waals surface area contributed by atoms with Gasteiger partial charge in [-0.25, -0.2) is 0 Å². The molecule has 0 unspecified atom stereocenters. The summed E-state index contributed by atoms with van der Waals surface area (Å²) < 4.78 is 0. The molecule has 1 amide bonds. The van der Waals surface area contributed by atoms with Gasteiger partial charge in [-0.05, 0) is 24.5 Å². The summed E-state index contributed by atoms with van der Waals surface area (Å²) in [6, 6.07) is 7.80. The van der Waals surface area contributed by atoms with Gasteiger partial charge in [-0.1, -0.05) is 18.2 Å². The van der Waals surface area contributed by atoms with Crippen LogP contribution >= 0.6 is 0 Å². The van der Waals surface area contributed by atoms with Crippen molar-refractivity contribution < 1.29 is 4.79 Å². The molecule has 0 aromatic heterocycles. The second-order valence-corrected chi connectivity index (χ2v) is 4.44. The Bertz CT molecular complexity index is 388. The zero-order valence-corrected chi connectivity index (χ0v) is 9.91. The van der Waals surface area contributed by atoms with Crippen molar-refractivity contribution >= 4 is 11.6 Å². The number of nitrogen functional groups attached to an aromatic ring is 1. The smallest absolute Gasteiger partial charge is 0.223 e. The third-order valence-electron chi connectivity index (χ3n) is 2.92. The van der Waals surface area contributed by atoms with Crippen LogP contribution < -0.4 is 16.4 Å². The number of nitrogens with two attached hydrogens (primary N) is 1. The molecular weight excluding hydrogens is 214 g/mol. The second-order valence-electron chi connectivity index (χ2n) is 4.44. The molecule has 2 rings (SSSR count). The van der Waals surface area contributed by atoms with E-state index in [4.69, 9.17) is 5.73 Å². The van der Waals surface area contributed by atoms with Crippen LogP contribution in [0.3, 0.4) is 0 Å². The van der Waals surface area contributed by atoms with E-state index in [-0.39, 0.29) is 5.91 Å². The number of rotatable bonds is 6. The Hall–Kier alpha value is -1.55. The molecular formula is C13H19N3O. The number of benzene rings is 1. The summed E-state index contributed by atoms with van der Waals surface area (Å²) in [5, 5.41) is 6.18. The van der Waals surface area contributed by atoms with E-state index >= 15 is 0 Å². The van der Waals surface area contributed by atoms with Gasteiger partial charge in [-0.3, -0.25) is 4.79 Å². The molecule has 1 aromatic carbocycles. The number of hydrogen-bond donors (Lipinski definition) is 3. The first-order chi connectivity index (χ1) is 8.27. The van der Waals surface area contributed by atoms with Crippen LogP contribution in [-0.4, -0.2) is 19.0 Å². The van der Waals surface area contributed by atoms with E-state index in [0.29, 0.717) is 12.5 Å². The second kappa shape index (κ2) is 5.68. The molecule has 0 radical (unpaired) electrons. The first-order valence-corrected chi connectivity index (χ1v) is 6.09. The first kappa shape index (κ1) is 11.9. The molecule has 0 saturated heterocycles. The number of carbonyl (C=O) groups excluding carboxylic acids is 1. The Labute approximate surface area is 102 Å². The van der Waals surface area contributed by atoms with E-state index in [1.807, 2.05) is 24.3 Å². The summed E-state index contributed by atoms with van der Waals surface area (Å²) in [6.07, 6.45) is 2.11. The lowest BCUT2D eigenvalue weighted by Gasteiger charge is -2.08. The van der Waals surface area contributed by atoms with Crippen molar-refractivity contribution in [3.8, 4) is 0 Å². The SMILES string of the molecule is Nc1ccccc1CNCCNC(=O)C1CC1. The third kappa shape index (κ3) is 3.75. The van der Waals surface area contributed by atoms with Crippen LogP contribution in [0, 0.1) is 5.92 Å². The fourth-order valence-corrected chi connectivity index (χ4v) is 1.68. The molecule has 92 valence electrons. The van der Waals surface area contributed by atoms with Gasteiger partial charge >= 0.3 is 0 Å². The van der Waals surface area contributed by atoms with Crippen molar-refractivity contribution in [2.24, 2.45) is 5.92 Å². The molecule has 17 heavy (non-hydrogen) atoms. The fraction of sp³-hybridized carbons (Fsp3) is 0.462. The predicted octanol–water partition coefficient (Wildman–Crippen LogP) is 0.885. The molecule has 1 saturated carbocycles. The van der Waals surface area contributed by atoms with Gasteiger partial charge in [-0.2, -0.15) is 0 Å². The van der Waals surface area contributed by atoms with Crippen LogP contribution in [0.5, 0.6) is 0 Å². The Morgan fingerprint density at radius 1 is 1.29 bits per heavy atom. The number of anilines is 1. The van der Waals surface area contributed by atoms with Gasteiger partial charge in [0.25, 0.3) is 0 Å². The van der Waals surface area contributed by atoms with Gasteiger partial charge in [0.05, 0.1) is 0 Å². The molecule has 0 atom stereocenters. The number of hydrogen-bond acceptors (Lipinski definition) is 3. The minimum absolute atomic E-state index is 0.200. The van der Waals surface area contributed by atoms with Gasteiger partial charge in [0, 0.05) is 31.2 Å². The fourth-order valence-electron chi connectivity index (χ4n) is 1.68. The largest absolute Gasteiger partial charge is 0.398 e. The quantitative estimate of drug-likeness (QED) is 0.505. The van der Waals surface area contributed by atoms with E-state index in [0.717, 1.165) is 37.2 Å². The van der Waals surface area contributed by atoms with Crippen molar-refractivity contribution in [1.82, 2.24) is 10.6 Å². The Morgan fingerprint density at radius 3 is 2.76 bits per heavy atom. The first-order valence-electron chi connectivity index (χ1n) is 6.09. The van der Waals surface area contributed by atoms with Crippen molar-refractivity contribution in [1.29, 1.82) is 0 Å². The average Bonchev–Trinajstić information content (AvgIpc) is 3.14. The zero-order chi connectivity index (χ0) is 12.1. The number of para-hydroxylation sites is 1. The summed E-state index contributed by atoms with van der Waals surface area (Å²) in [4.78, 5) is 11.3. The van der Waals surface area contributed by atoms with Crippen LogP contribution in [-0.2, 0) is 11.3 Å². The molecule has 4 N–H and O–H groups in total. The van der Waals surface area contributed by atoms with Crippen molar-refractivity contribution in [2.75, 3.05) is 18.8 Å². The lowest BCUT2D eigenvalue weighted by atomic mass is 10.2. The van der Waals surface area contributed by atoms with E-state index in [2.05, 4.69) is 10.6 Å².